The number of para-hydroxylation sites is 2. The Hall–Kier alpha value is -3.32. The number of anilines is 2. The summed E-state index contributed by atoms with van der Waals surface area (Å²) in [7, 11) is 0. The number of nitrogens with zero attached hydrogens (tertiary/aromatic N) is 2. The van der Waals surface area contributed by atoms with E-state index in [1.807, 2.05) is 61.5 Å². The molecule has 0 radical (unpaired) electrons. The maximum absolute atomic E-state index is 12.6. The number of aryl methyl sites for hydroxylation is 1. The van der Waals surface area contributed by atoms with E-state index in [2.05, 4.69) is 34.4 Å². The number of urea groups is 1. The number of rotatable bonds is 6. The molecule has 2 heterocycles. The van der Waals surface area contributed by atoms with Crippen molar-refractivity contribution in [2.24, 2.45) is 0 Å². The molecule has 32 heavy (non-hydrogen) atoms. The third-order valence-electron chi connectivity index (χ3n) is 5.47. The second kappa shape index (κ2) is 9.87. The minimum atomic E-state index is -0.240. The van der Waals surface area contributed by atoms with E-state index in [0.29, 0.717) is 18.9 Å². The molecule has 2 aromatic carbocycles. The third-order valence-corrected chi connectivity index (χ3v) is 5.47. The zero-order valence-electron chi connectivity index (χ0n) is 18.8. The summed E-state index contributed by atoms with van der Waals surface area (Å²) in [6.45, 7) is 8.08. The zero-order chi connectivity index (χ0) is 22.5. The van der Waals surface area contributed by atoms with E-state index in [4.69, 9.17) is 9.15 Å². The Labute approximate surface area is 188 Å². The first kappa shape index (κ1) is 21.9. The van der Waals surface area contributed by atoms with E-state index >= 15 is 0 Å². The predicted octanol–water partition coefficient (Wildman–Crippen LogP) is 4.63. The van der Waals surface area contributed by atoms with Gasteiger partial charge in [-0.3, -0.25) is 0 Å². The molecule has 1 aromatic heterocycles. The first-order valence-corrected chi connectivity index (χ1v) is 11.1. The van der Waals surface area contributed by atoms with Gasteiger partial charge in [-0.05, 0) is 45.0 Å². The van der Waals surface area contributed by atoms with E-state index in [1.165, 1.54) is 0 Å². The van der Waals surface area contributed by atoms with Gasteiger partial charge < -0.3 is 24.7 Å². The molecule has 1 aliphatic rings. The van der Waals surface area contributed by atoms with Crippen molar-refractivity contribution in [2.75, 3.05) is 29.9 Å². The summed E-state index contributed by atoms with van der Waals surface area (Å²) in [5.41, 5.74) is 3.58. The number of carbonyl (C=O) groups is 1. The fourth-order valence-electron chi connectivity index (χ4n) is 4.05. The molecule has 7 nitrogen and oxygen atoms in total. The summed E-state index contributed by atoms with van der Waals surface area (Å²) in [5, 5.41) is 5.92. The Morgan fingerprint density at radius 2 is 1.75 bits per heavy atom. The van der Waals surface area contributed by atoms with Gasteiger partial charge >= 0.3 is 6.03 Å². The van der Waals surface area contributed by atoms with Crippen LogP contribution in [0.1, 0.15) is 25.3 Å². The van der Waals surface area contributed by atoms with Crippen molar-refractivity contribution in [3.8, 4) is 11.5 Å². The minimum absolute atomic E-state index is 0.145. The van der Waals surface area contributed by atoms with Crippen LogP contribution in [-0.4, -0.2) is 42.9 Å². The van der Waals surface area contributed by atoms with Gasteiger partial charge in [0.15, 0.2) is 0 Å². The maximum Gasteiger partial charge on any atom is 0.319 e. The van der Waals surface area contributed by atoms with Gasteiger partial charge in [-0.15, -0.1) is 0 Å². The Kier molecular flexibility index (Phi) is 6.75. The summed E-state index contributed by atoms with van der Waals surface area (Å²) in [4.78, 5) is 19.4. The molecule has 2 atom stereocenters. The number of morpholine rings is 1. The number of hydrogen-bond donors (Lipinski definition) is 2. The number of carbonyl (C=O) groups excluding carboxylic acids is 1. The fraction of sp³-hybridized carbons (Fsp3) is 0.360. The number of oxazole rings is 1. The topological polar surface area (TPSA) is 79.6 Å². The monoisotopic (exact) mass is 434 g/mol. The molecule has 7 heteroatoms. The molecule has 1 saturated heterocycles. The van der Waals surface area contributed by atoms with Gasteiger partial charge in [0.05, 0.1) is 29.3 Å². The molecule has 1 fully saturated rings. The number of amides is 2. The molecule has 0 aliphatic carbocycles. The summed E-state index contributed by atoms with van der Waals surface area (Å²) in [6.07, 6.45) is 0.884. The predicted molar refractivity (Wildman–Crippen MR) is 126 cm³/mol. The molecular weight excluding hydrogens is 404 g/mol. The molecule has 0 bridgehead atoms. The summed E-state index contributed by atoms with van der Waals surface area (Å²) >= 11 is 0. The summed E-state index contributed by atoms with van der Waals surface area (Å²) < 4.78 is 11.6. The van der Waals surface area contributed by atoms with E-state index in [9.17, 15) is 4.79 Å². The van der Waals surface area contributed by atoms with Crippen LogP contribution in [0.15, 0.2) is 59.0 Å². The standard InChI is InChI=1S/C25H30N4O3/c1-17-15-29(16-18(2)31-17)23-12-8-7-11-22(23)28-25(30)26-14-13-21-19(3)32-24(27-21)20-9-5-4-6-10-20/h4-12,17-18H,13-16H2,1-3H3,(H2,26,28,30)/t17-,18+. The fourth-order valence-corrected chi connectivity index (χ4v) is 4.05. The van der Waals surface area contributed by atoms with E-state index in [-0.39, 0.29) is 18.2 Å². The molecule has 1 aliphatic heterocycles. The minimum Gasteiger partial charge on any atom is -0.441 e. The van der Waals surface area contributed by atoms with Crippen molar-refractivity contribution in [3.05, 3.63) is 66.1 Å². The van der Waals surface area contributed by atoms with Gasteiger partial charge in [0, 0.05) is 31.6 Å². The highest BCUT2D eigenvalue weighted by molar-refractivity contribution is 5.93. The Bertz CT molecular complexity index is 1040. The highest BCUT2D eigenvalue weighted by atomic mass is 16.5. The van der Waals surface area contributed by atoms with Gasteiger partial charge in [0.2, 0.25) is 5.89 Å². The normalized spacial score (nSPS) is 18.4. The number of benzene rings is 2. The molecule has 168 valence electrons. The van der Waals surface area contributed by atoms with Crippen molar-refractivity contribution in [2.45, 2.75) is 39.4 Å². The lowest BCUT2D eigenvalue weighted by Crippen LogP contribution is -2.45. The zero-order valence-corrected chi connectivity index (χ0v) is 18.8. The van der Waals surface area contributed by atoms with Gasteiger partial charge in [0.1, 0.15) is 5.76 Å². The number of hydrogen-bond acceptors (Lipinski definition) is 5. The van der Waals surface area contributed by atoms with Crippen LogP contribution in [0, 0.1) is 6.92 Å². The lowest BCUT2D eigenvalue weighted by Gasteiger charge is -2.37. The quantitative estimate of drug-likeness (QED) is 0.591. The van der Waals surface area contributed by atoms with Crippen LogP contribution in [0.5, 0.6) is 0 Å². The Balaban J connectivity index is 1.34. The number of aromatic nitrogens is 1. The second-order valence-corrected chi connectivity index (χ2v) is 8.20. The molecule has 2 amide bonds. The molecule has 0 unspecified atom stereocenters. The van der Waals surface area contributed by atoms with Crippen molar-refractivity contribution in [1.29, 1.82) is 0 Å². The summed E-state index contributed by atoms with van der Waals surface area (Å²) in [6, 6.07) is 17.4. The average molecular weight is 435 g/mol. The molecule has 0 spiro atoms. The average Bonchev–Trinajstić information content (AvgIpc) is 3.14. The van der Waals surface area contributed by atoms with Crippen molar-refractivity contribution < 1.29 is 13.9 Å². The highest BCUT2D eigenvalue weighted by Gasteiger charge is 2.24. The van der Waals surface area contributed by atoms with Crippen LogP contribution in [-0.2, 0) is 11.2 Å². The van der Waals surface area contributed by atoms with Gasteiger partial charge in [0.25, 0.3) is 0 Å². The maximum atomic E-state index is 12.6. The number of ether oxygens (including phenoxy) is 1. The lowest BCUT2D eigenvalue weighted by molar-refractivity contribution is -0.00517. The SMILES string of the molecule is Cc1oc(-c2ccccc2)nc1CCNC(=O)Nc1ccccc1N1C[C@@H](C)O[C@@H](C)C1. The van der Waals surface area contributed by atoms with Crippen LogP contribution in [0.3, 0.4) is 0 Å². The first-order chi connectivity index (χ1) is 15.5. The van der Waals surface area contributed by atoms with Gasteiger partial charge in [-0.2, -0.15) is 0 Å². The third kappa shape index (κ3) is 5.29. The van der Waals surface area contributed by atoms with Gasteiger partial charge in [-0.25, -0.2) is 9.78 Å². The van der Waals surface area contributed by atoms with Crippen LogP contribution < -0.4 is 15.5 Å². The number of nitrogens with one attached hydrogen (secondary N) is 2. The van der Waals surface area contributed by atoms with Crippen molar-refractivity contribution in [1.82, 2.24) is 10.3 Å². The molecule has 0 saturated carbocycles. The van der Waals surface area contributed by atoms with E-state index < -0.39 is 0 Å². The molecule has 2 N–H and O–H groups in total. The lowest BCUT2D eigenvalue weighted by atomic mass is 10.1. The smallest absolute Gasteiger partial charge is 0.319 e. The largest absolute Gasteiger partial charge is 0.441 e. The first-order valence-electron chi connectivity index (χ1n) is 11.1. The summed E-state index contributed by atoms with van der Waals surface area (Å²) in [5.74, 6) is 1.37. The van der Waals surface area contributed by atoms with Crippen LogP contribution >= 0.6 is 0 Å². The van der Waals surface area contributed by atoms with Crippen LogP contribution in [0.25, 0.3) is 11.5 Å². The molecular formula is C25H30N4O3. The van der Waals surface area contributed by atoms with E-state index in [0.717, 1.165) is 41.5 Å². The van der Waals surface area contributed by atoms with Gasteiger partial charge in [-0.1, -0.05) is 30.3 Å². The van der Waals surface area contributed by atoms with Crippen molar-refractivity contribution in [3.63, 3.8) is 0 Å². The Morgan fingerprint density at radius 3 is 2.50 bits per heavy atom. The van der Waals surface area contributed by atoms with Crippen LogP contribution in [0.2, 0.25) is 0 Å². The highest BCUT2D eigenvalue weighted by Crippen LogP contribution is 2.28. The Morgan fingerprint density at radius 1 is 1.06 bits per heavy atom. The molecule has 4 rings (SSSR count). The second-order valence-electron chi connectivity index (χ2n) is 8.20. The van der Waals surface area contributed by atoms with E-state index in [1.54, 1.807) is 0 Å². The van der Waals surface area contributed by atoms with Crippen molar-refractivity contribution >= 4 is 17.4 Å². The molecule has 3 aromatic rings. The van der Waals surface area contributed by atoms with Crippen LogP contribution in [0.4, 0.5) is 16.2 Å².